The molecule has 56 heavy (non-hydrogen) atoms. The maximum atomic E-state index is 13.0. The van der Waals surface area contributed by atoms with Crippen molar-refractivity contribution in [3.05, 3.63) is 36.5 Å². The normalized spacial score (nSPS) is 22.6. The van der Waals surface area contributed by atoms with Gasteiger partial charge in [0.25, 0.3) is 0 Å². The molecule has 1 amide bonds. The quantitative estimate of drug-likeness (QED) is 0.0247. The van der Waals surface area contributed by atoms with Gasteiger partial charge in [-0.15, -0.1) is 0 Å². The first-order valence-corrected chi connectivity index (χ1v) is 22.4. The molecule has 0 radical (unpaired) electrons. The van der Waals surface area contributed by atoms with Crippen molar-refractivity contribution < 1.29 is 50.0 Å². The highest BCUT2D eigenvalue weighted by atomic mass is 16.7. The average Bonchev–Trinajstić information content (AvgIpc) is 3.20. The Bertz CT molecular complexity index is 1010. The fourth-order valence-electron chi connectivity index (χ4n) is 6.85. The molecule has 0 bridgehead atoms. The minimum Gasteiger partial charge on any atom is -0.394 e. The van der Waals surface area contributed by atoms with E-state index in [-0.39, 0.29) is 12.8 Å². The van der Waals surface area contributed by atoms with Crippen molar-refractivity contribution >= 4 is 5.91 Å². The lowest BCUT2D eigenvalue weighted by Gasteiger charge is -2.40. The first-order chi connectivity index (χ1) is 27.2. The topological polar surface area (TPSA) is 189 Å². The number of aliphatic hydroxyl groups excluding tert-OH is 7. The van der Waals surface area contributed by atoms with Crippen LogP contribution in [0.15, 0.2) is 36.5 Å². The van der Waals surface area contributed by atoms with Crippen molar-refractivity contribution in [3.63, 3.8) is 0 Å². The molecule has 1 rings (SSSR count). The summed E-state index contributed by atoms with van der Waals surface area (Å²) in [6.45, 7) is 3.34. The van der Waals surface area contributed by atoms with Crippen molar-refractivity contribution in [2.24, 2.45) is 0 Å². The van der Waals surface area contributed by atoms with Crippen LogP contribution in [0.2, 0.25) is 0 Å². The van der Waals surface area contributed by atoms with Crippen molar-refractivity contribution in [2.45, 2.75) is 229 Å². The Balaban J connectivity index is 2.48. The number of nitrogens with one attached hydrogen (secondary N) is 1. The van der Waals surface area contributed by atoms with Crippen molar-refractivity contribution in [1.82, 2.24) is 5.32 Å². The number of aliphatic hydroxyl groups is 7. The van der Waals surface area contributed by atoms with Crippen LogP contribution in [0, 0.1) is 0 Å². The number of carbonyl (C=O) groups is 1. The lowest BCUT2D eigenvalue weighted by Crippen LogP contribution is -2.60. The van der Waals surface area contributed by atoms with Crippen LogP contribution in [0.3, 0.4) is 0 Å². The minimum atomic E-state index is -1.67. The number of rotatable bonds is 36. The summed E-state index contributed by atoms with van der Waals surface area (Å²) >= 11 is 0. The molecule has 11 nitrogen and oxygen atoms in total. The van der Waals surface area contributed by atoms with Crippen LogP contribution >= 0.6 is 0 Å². The van der Waals surface area contributed by atoms with E-state index >= 15 is 0 Å². The molecule has 9 atom stereocenters. The standard InChI is InChI=1S/C45H83NO10/c1-3-5-7-9-11-13-15-16-17-18-19-20-21-23-25-27-29-31-33-38(49)44(54)46-36(35-55-45-43(53)42(52)41(51)39(34-47)56-45)40(50)37(48)32-30-28-26-24-22-14-12-10-8-6-4-2/h10,12,18-19,24,26,36-43,45,47-53H,3-9,11,13-17,20-23,25,27-35H2,1-2H3,(H,46,54)/b12-10+,19-18-,26-24+. The molecule has 1 heterocycles. The molecule has 8 N–H and O–H groups in total. The zero-order chi connectivity index (χ0) is 41.2. The Kier molecular flexibility index (Phi) is 33.0. The molecule has 11 heteroatoms. The summed E-state index contributed by atoms with van der Waals surface area (Å²) in [7, 11) is 0. The SMILES string of the molecule is CCCC/C=C/CC/C=C/CCCC(O)C(O)C(COC1OC(CO)C(O)C(O)C1O)NC(=O)C(O)CCCCCCCC/C=C\CCCCCCCCCC. The molecule has 1 aliphatic rings. The molecule has 1 fully saturated rings. The van der Waals surface area contributed by atoms with Crippen LogP contribution in [0.1, 0.15) is 174 Å². The Labute approximate surface area is 339 Å². The van der Waals surface area contributed by atoms with E-state index in [0.29, 0.717) is 19.3 Å². The molecule has 1 saturated heterocycles. The highest BCUT2D eigenvalue weighted by Crippen LogP contribution is 2.23. The van der Waals surface area contributed by atoms with E-state index in [1.54, 1.807) is 0 Å². The second kappa shape index (κ2) is 35.3. The fraction of sp³-hybridized carbons (Fsp3) is 0.844. The van der Waals surface area contributed by atoms with Gasteiger partial charge in [0, 0.05) is 0 Å². The van der Waals surface area contributed by atoms with Crippen LogP contribution in [0.4, 0.5) is 0 Å². The Morgan fingerprint density at radius 2 is 1.09 bits per heavy atom. The van der Waals surface area contributed by atoms with E-state index in [2.05, 4.69) is 49.5 Å². The average molecular weight is 798 g/mol. The third-order valence-electron chi connectivity index (χ3n) is 10.6. The van der Waals surface area contributed by atoms with E-state index < -0.39 is 74.2 Å². The fourth-order valence-corrected chi connectivity index (χ4v) is 6.85. The van der Waals surface area contributed by atoms with Gasteiger partial charge in [-0.1, -0.05) is 140 Å². The van der Waals surface area contributed by atoms with Crippen molar-refractivity contribution in [1.29, 1.82) is 0 Å². The Morgan fingerprint density at radius 3 is 1.64 bits per heavy atom. The third-order valence-corrected chi connectivity index (χ3v) is 10.6. The van der Waals surface area contributed by atoms with Gasteiger partial charge in [0.05, 0.1) is 25.4 Å². The summed E-state index contributed by atoms with van der Waals surface area (Å²) in [4.78, 5) is 13.0. The highest BCUT2D eigenvalue weighted by Gasteiger charge is 2.44. The zero-order valence-corrected chi connectivity index (χ0v) is 35.1. The summed E-state index contributed by atoms with van der Waals surface area (Å²) in [5.41, 5.74) is 0. The van der Waals surface area contributed by atoms with Crippen molar-refractivity contribution in [2.75, 3.05) is 13.2 Å². The van der Waals surface area contributed by atoms with Gasteiger partial charge in [-0.05, 0) is 70.6 Å². The van der Waals surface area contributed by atoms with E-state index in [4.69, 9.17) is 9.47 Å². The predicted octanol–water partition coefficient (Wildman–Crippen LogP) is 6.83. The maximum Gasteiger partial charge on any atom is 0.249 e. The van der Waals surface area contributed by atoms with Gasteiger partial charge in [0.15, 0.2) is 6.29 Å². The lowest BCUT2D eigenvalue weighted by atomic mass is 9.98. The van der Waals surface area contributed by atoms with Crippen LogP contribution in [0.25, 0.3) is 0 Å². The molecule has 0 aromatic heterocycles. The number of carbonyl (C=O) groups excluding carboxylic acids is 1. The molecule has 0 aliphatic carbocycles. The Morgan fingerprint density at radius 1 is 0.607 bits per heavy atom. The first kappa shape index (κ1) is 52.3. The van der Waals surface area contributed by atoms with Crippen molar-refractivity contribution in [3.8, 4) is 0 Å². The van der Waals surface area contributed by atoms with E-state index in [9.17, 15) is 40.5 Å². The van der Waals surface area contributed by atoms with E-state index in [0.717, 1.165) is 57.8 Å². The number of hydrogen-bond donors (Lipinski definition) is 8. The zero-order valence-electron chi connectivity index (χ0n) is 35.1. The Hall–Kier alpha value is -1.67. The number of ether oxygens (including phenoxy) is 2. The molecular formula is C45H83NO10. The van der Waals surface area contributed by atoms with E-state index in [1.807, 2.05) is 6.08 Å². The number of hydrogen-bond acceptors (Lipinski definition) is 10. The highest BCUT2D eigenvalue weighted by molar-refractivity contribution is 5.80. The van der Waals surface area contributed by atoms with Gasteiger partial charge in [0.2, 0.25) is 5.91 Å². The van der Waals surface area contributed by atoms with Gasteiger partial charge < -0.3 is 50.5 Å². The monoisotopic (exact) mass is 798 g/mol. The molecule has 0 aromatic rings. The van der Waals surface area contributed by atoms with Gasteiger partial charge >= 0.3 is 0 Å². The van der Waals surface area contributed by atoms with Crippen LogP contribution < -0.4 is 5.32 Å². The number of amides is 1. The number of allylic oxidation sites excluding steroid dienone is 6. The maximum absolute atomic E-state index is 13.0. The summed E-state index contributed by atoms with van der Waals surface area (Å²) < 4.78 is 11.0. The molecule has 9 unspecified atom stereocenters. The van der Waals surface area contributed by atoms with Crippen LogP contribution in [-0.2, 0) is 14.3 Å². The largest absolute Gasteiger partial charge is 0.394 e. The lowest BCUT2D eigenvalue weighted by molar-refractivity contribution is -0.303. The smallest absolute Gasteiger partial charge is 0.249 e. The summed E-state index contributed by atoms with van der Waals surface area (Å²) in [6, 6.07) is -1.19. The second-order valence-corrected chi connectivity index (χ2v) is 15.7. The molecule has 0 aromatic carbocycles. The minimum absolute atomic E-state index is 0.243. The van der Waals surface area contributed by atoms with Gasteiger partial charge in [-0.3, -0.25) is 4.79 Å². The van der Waals surface area contributed by atoms with Gasteiger partial charge in [-0.25, -0.2) is 0 Å². The summed E-state index contributed by atoms with van der Waals surface area (Å²) in [5, 5.41) is 75.4. The molecule has 0 saturated carbocycles. The third kappa shape index (κ3) is 25.0. The van der Waals surface area contributed by atoms with Gasteiger partial charge in [0.1, 0.15) is 36.6 Å². The number of unbranched alkanes of at least 4 members (excludes halogenated alkanes) is 18. The molecule has 1 aliphatic heterocycles. The first-order valence-electron chi connectivity index (χ1n) is 22.4. The van der Waals surface area contributed by atoms with Crippen LogP contribution in [0.5, 0.6) is 0 Å². The molecule has 328 valence electrons. The molecule has 0 spiro atoms. The predicted molar refractivity (Wildman–Crippen MR) is 224 cm³/mol. The summed E-state index contributed by atoms with van der Waals surface area (Å²) in [5.74, 6) is -0.718. The molecular weight excluding hydrogens is 714 g/mol. The summed E-state index contributed by atoms with van der Waals surface area (Å²) in [6.07, 6.45) is 27.7. The second-order valence-electron chi connectivity index (χ2n) is 15.7. The van der Waals surface area contributed by atoms with E-state index in [1.165, 1.54) is 70.6 Å². The van der Waals surface area contributed by atoms with Gasteiger partial charge in [-0.2, -0.15) is 0 Å². The van der Waals surface area contributed by atoms with Crippen LogP contribution in [-0.4, -0.2) is 110 Å².